The third kappa shape index (κ3) is 1.70. The summed E-state index contributed by atoms with van der Waals surface area (Å²) in [5, 5.41) is 5.60. The minimum absolute atomic E-state index is 0.519. The minimum atomic E-state index is 0.519. The molecule has 0 bridgehead atoms. The van der Waals surface area contributed by atoms with Gasteiger partial charge >= 0.3 is 0 Å². The van der Waals surface area contributed by atoms with Gasteiger partial charge in [0.25, 0.3) is 0 Å². The van der Waals surface area contributed by atoms with E-state index < -0.39 is 0 Å². The highest BCUT2D eigenvalue weighted by molar-refractivity contribution is 7.09. The molecule has 1 aromatic rings. The number of rotatable bonds is 2. The van der Waals surface area contributed by atoms with Crippen molar-refractivity contribution in [2.45, 2.75) is 19.8 Å². The molecule has 0 saturated carbocycles. The maximum absolute atomic E-state index is 3.43. The van der Waals surface area contributed by atoms with Gasteiger partial charge in [-0.25, -0.2) is 0 Å². The van der Waals surface area contributed by atoms with Crippen molar-refractivity contribution in [3.8, 4) is 0 Å². The second kappa shape index (κ2) is 3.19. The SMILES string of the molecule is CC1(Cc2cccs2)CCNC1. The molecule has 0 aromatic carbocycles. The molecule has 0 amide bonds. The normalized spacial score (nSPS) is 29.4. The summed E-state index contributed by atoms with van der Waals surface area (Å²) < 4.78 is 0. The van der Waals surface area contributed by atoms with Crippen molar-refractivity contribution >= 4 is 11.3 Å². The van der Waals surface area contributed by atoms with E-state index in [4.69, 9.17) is 0 Å². The molecule has 1 saturated heterocycles. The zero-order chi connectivity index (χ0) is 8.44. The summed E-state index contributed by atoms with van der Waals surface area (Å²) >= 11 is 1.88. The van der Waals surface area contributed by atoms with E-state index in [1.165, 1.54) is 30.8 Å². The molecule has 1 aliphatic heterocycles. The van der Waals surface area contributed by atoms with E-state index >= 15 is 0 Å². The molecule has 2 rings (SSSR count). The highest BCUT2D eigenvalue weighted by atomic mass is 32.1. The summed E-state index contributed by atoms with van der Waals surface area (Å²) in [6.45, 7) is 4.76. The van der Waals surface area contributed by atoms with Crippen molar-refractivity contribution in [1.82, 2.24) is 5.32 Å². The van der Waals surface area contributed by atoms with Gasteiger partial charge in [0.05, 0.1) is 0 Å². The lowest BCUT2D eigenvalue weighted by Gasteiger charge is -2.21. The highest BCUT2D eigenvalue weighted by Crippen LogP contribution is 2.30. The molecule has 0 radical (unpaired) electrons. The molecule has 1 aromatic heterocycles. The zero-order valence-corrected chi connectivity index (χ0v) is 8.29. The van der Waals surface area contributed by atoms with Gasteiger partial charge in [0, 0.05) is 11.4 Å². The Morgan fingerprint density at radius 1 is 1.67 bits per heavy atom. The fourth-order valence-electron chi connectivity index (χ4n) is 1.85. The molecule has 12 heavy (non-hydrogen) atoms. The fourth-order valence-corrected chi connectivity index (χ4v) is 2.77. The smallest absolute Gasteiger partial charge is 0.00511 e. The van der Waals surface area contributed by atoms with Crippen LogP contribution in [0.5, 0.6) is 0 Å². The van der Waals surface area contributed by atoms with E-state index in [0.29, 0.717) is 5.41 Å². The van der Waals surface area contributed by atoms with E-state index in [0.717, 1.165) is 0 Å². The maximum Gasteiger partial charge on any atom is 0.00511 e. The standard InChI is InChI=1S/C10H15NS/c1-10(4-5-11-8-10)7-9-3-2-6-12-9/h2-3,6,11H,4-5,7-8H2,1H3. The van der Waals surface area contributed by atoms with Crippen molar-refractivity contribution in [1.29, 1.82) is 0 Å². The van der Waals surface area contributed by atoms with Crippen LogP contribution >= 0.6 is 11.3 Å². The Balaban J connectivity index is 2.02. The average Bonchev–Trinajstić information content (AvgIpc) is 2.62. The Morgan fingerprint density at radius 2 is 2.58 bits per heavy atom. The van der Waals surface area contributed by atoms with Gasteiger partial charge in [-0.2, -0.15) is 0 Å². The zero-order valence-electron chi connectivity index (χ0n) is 7.47. The molecule has 2 heteroatoms. The summed E-state index contributed by atoms with van der Waals surface area (Å²) in [5.74, 6) is 0. The lowest BCUT2D eigenvalue weighted by Crippen LogP contribution is -2.22. The van der Waals surface area contributed by atoms with Crippen LogP contribution in [0.4, 0.5) is 0 Å². The molecular formula is C10H15NS. The topological polar surface area (TPSA) is 12.0 Å². The molecular weight excluding hydrogens is 166 g/mol. The summed E-state index contributed by atoms with van der Waals surface area (Å²) in [5.41, 5.74) is 0.519. The molecule has 1 unspecified atom stereocenters. The van der Waals surface area contributed by atoms with Crippen molar-refractivity contribution < 1.29 is 0 Å². The Morgan fingerprint density at radius 3 is 3.17 bits per heavy atom. The van der Waals surface area contributed by atoms with Gasteiger partial charge in [-0.15, -0.1) is 11.3 Å². The van der Waals surface area contributed by atoms with Gasteiger partial charge in [-0.05, 0) is 36.2 Å². The van der Waals surface area contributed by atoms with Crippen molar-refractivity contribution in [3.05, 3.63) is 22.4 Å². The van der Waals surface area contributed by atoms with Gasteiger partial charge in [0.2, 0.25) is 0 Å². The Labute approximate surface area is 77.8 Å². The van der Waals surface area contributed by atoms with E-state index in [2.05, 4.69) is 29.8 Å². The van der Waals surface area contributed by atoms with Crippen LogP contribution in [0.3, 0.4) is 0 Å². The molecule has 1 aliphatic rings. The van der Waals surface area contributed by atoms with Crippen molar-refractivity contribution in [3.63, 3.8) is 0 Å². The molecule has 66 valence electrons. The molecule has 2 heterocycles. The number of hydrogen-bond donors (Lipinski definition) is 1. The van der Waals surface area contributed by atoms with E-state index in [1.54, 1.807) is 0 Å². The molecule has 0 aliphatic carbocycles. The van der Waals surface area contributed by atoms with Gasteiger partial charge in [-0.1, -0.05) is 13.0 Å². The first-order valence-electron chi connectivity index (χ1n) is 4.52. The predicted molar refractivity (Wildman–Crippen MR) is 53.6 cm³/mol. The van der Waals surface area contributed by atoms with Crippen LogP contribution in [0.15, 0.2) is 17.5 Å². The quantitative estimate of drug-likeness (QED) is 0.738. The Kier molecular flexibility index (Phi) is 2.20. The van der Waals surface area contributed by atoms with Crippen LogP contribution in [0.2, 0.25) is 0 Å². The van der Waals surface area contributed by atoms with Crippen LogP contribution in [0.1, 0.15) is 18.2 Å². The fraction of sp³-hybridized carbons (Fsp3) is 0.600. The van der Waals surface area contributed by atoms with Crippen LogP contribution in [-0.2, 0) is 6.42 Å². The van der Waals surface area contributed by atoms with Gasteiger partial charge in [0.15, 0.2) is 0 Å². The van der Waals surface area contributed by atoms with E-state index in [1.807, 2.05) is 11.3 Å². The Hall–Kier alpha value is -0.340. The second-order valence-corrected chi connectivity index (χ2v) is 5.03. The van der Waals surface area contributed by atoms with Crippen LogP contribution in [0.25, 0.3) is 0 Å². The summed E-state index contributed by atoms with van der Waals surface area (Å²) in [6, 6.07) is 4.39. The van der Waals surface area contributed by atoms with Crippen LogP contribution < -0.4 is 5.32 Å². The maximum atomic E-state index is 3.43. The van der Waals surface area contributed by atoms with Gasteiger partial charge in [0.1, 0.15) is 0 Å². The lowest BCUT2D eigenvalue weighted by molar-refractivity contribution is 0.365. The molecule has 1 nitrogen and oxygen atoms in total. The van der Waals surface area contributed by atoms with Gasteiger partial charge in [-0.3, -0.25) is 0 Å². The molecule has 1 fully saturated rings. The second-order valence-electron chi connectivity index (χ2n) is 3.99. The monoisotopic (exact) mass is 181 g/mol. The summed E-state index contributed by atoms with van der Waals surface area (Å²) in [4.78, 5) is 1.53. The number of thiophene rings is 1. The third-order valence-electron chi connectivity index (χ3n) is 2.64. The average molecular weight is 181 g/mol. The minimum Gasteiger partial charge on any atom is -0.316 e. The predicted octanol–water partition coefficient (Wildman–Crippen LogP) is 2.29. The number of hydrogen-bond acceptors (Lipinski definition) is 2. The molecule has 1 N–H and O–H groups in total. The number of nitrogens with one attached hydrogen (secondary N) is 1. The largest absolute Gasteiger partial charge is 0.316 e. The summed E-state index contributed by atoms with van der Waals surface area (Å²) in [6.07, 6.45) is 2.57. The van der Waals surface area contributed by atoms with E-state index in [-0.39, 0.29) is 0 Å². The highest BCUT2D eigenvalue weighted by Gasteiger charge is 2.28. The third-order valence-corrected chi connectivity index (χ3v) is 3.51. The van der Waals surface area contributed by atoms with Crippen molar-refractivity contribution in [2.24, 2.45) is 5.41 Å². The first-order chi connectivity index (χ1) is 5.79. The molecule has 1 atom stereocenters. The van der Waals surface area contributed by atoms with Gasteiger partial charge < -0.3 is 5.32 Å². The molecule has 0 spiro atoms. The first kappa shape index (κ1) is 8.27. The van der Waals surface area contributed by atoms with E-state index in [9.17, 15) is 0 Å². The lowest BCUT2D eigenvalue weighted by atomic mass is 9.85. The van der Waals surface area contributed by atoms with Crippen LogP contribution in [0, 0.1) is 5.41 Å². The van der Waals surface area contributed by atoms with Crippen molar-refractivity contribution in [2.75, 3.05) is 13.1 Å². The van der Waals surface area contributed by atoms with Crippen LogP contribution in [-0.4, -0.2) is 13.1 Å². The first-order valence-corrected chi connectivity index (χ1v) is 5.40. The Bertz CT molecular complexity index is 234. The summed E-state index contributed by atoms with van der Waals surface area (Å²) in [7, 11) is 0.